The zero-order valence-corrected chi connectivity index (χ0v) is 15.2. The fraction of sp³-hybridized carbons (Fsp3) is 0.238. The molecule has 1 amide bonds. The van der Waals surface area contributed by atoms with E-state index in [0.717, 1.165) is 29.8 Å². The van der Waals surface area contributed by atoms with Crippen molar-refractivity contribution in [2.75, 3.05) is 0 Å². The number of hydrogen-bond donors (Lipinski definition) is 1. The molecular formula is C21H18F3N3O. The van der Waals surface area contributed by atoms with Gasteiger partial charge in [0.2, 0.25) is 0 Å². The molecule has 0 saturated carbocycles. The number of fused-ring (bicyclic) bond motifs is 1. The quantitative estimate of drug-likeness (QED) is 0.729. The Morgan fingerprint density at radius 1 is 1.11 bits per heavy atom. The van der Waals surface area contributed by atoms with Gasteiger partial charge in [0.05, 0.1) is 6.04 Å². The highest BCUT2D eigenvalue weighted by atomic mass is 19.1. The Morgan fingerprint density at radius 3 is 2.64 bits per heavy atom. The molecule has 1 heterocycles. The number of amides is 1. The smallest absolute Gasteiger partial charge is 0.272 e. The highest BCUT2D eigenvalue weighted by molar-refractivity contribution is 5.94. The molecule has 0 aliphatic heterocycles. The van der Waals surface area contributed by atoms with Crippen molar-refractivity contribution in [2.45, 2.75) is 32.2 Å². The van der Waals surface area contributed by atoms with Crippen LogP contribution in [-0.4, -0.2) is 15.7 Å². The van der Waals surface area contributed by atoms with Crippen molar-refractivity contribution in [1.82, 2.24) is 15.1 Å². The summed E-state index contributed by atoms with van der Waals surface area (Å²) in [6, 6.07) is 8.81. The molecule has 4 rings (SSSR count). The number of carbonyl (C=O) groups is 1. The molecule has 0 spiro atoms. The van der Waals surface area contributed by atoms with Crippen molar-refractivity contribution in [3.8, 4) is 5.69 Å². The summed E-state index contributed by atoms with van der Waals surface area (Å²) < 4.78 is 42.8. The number of para-hydroxylation sites is 1. The predicted octanol–water partition coefficient (Wildman–Crippen LogP) is 4.27. The van der Waals surface area contributed by atoms with Gasteiger partial charge in [0.1, 0.15) is 23.1 Å². The molecule has 1 aromatic heterocycles. The molecule has 144 valence electrons. The minimum atomic E-state index is -0.727. The number of benzene rings is 2. The van der Waals surface area contributed by atoms with Gasteiger partial charge >= 0.3 is 0 Å². The average molecular weight is 385 g/mol. The van der Waals surface area contributed by atoms with Gasteiger partial charge in [-0.1, -0.05) is 18.2 Å². The van der Waals surface area contributed by atoms with E-state index in [1.54, 1.807) is 25.1 Å². The summed E-state index contributed by atoms with van der Waals surface area (Å²) in [6.45, 7) is 1.61. The minimum absolute atomic E-state index is 0.180. The van der Waals surface area contributed by atoms with Crippen molar-refractivity contribution in [2.24, 2.45) is 0 Å². The number of rotatable bonds is 4. The van der Waals surface area contributed by atoms with Crippen LogP contribution in [0.25, 0.3) is 5.69 Å². The third-order valence-corrected chi connectivity index (χ3v) is 5.00. The maximum atomic E-state index is 14.2. The minimum Gasteiger partial charge on any atom is -0.344 e. The molecule has 28 heavy (non-hydrogen) atoms. The Hall–Kier alpha value is -3.09. The molecule has 1 aliphatic rings. The molecule has 0 saturated heterocycles. The van der Waals surface area contributed by atoms with Crippen molar-refractivity contribution in [1.29, 1.82) is 0 Å². The molecule has 1 unspecified atom stereocenters. The largest absolute Gasteiger partial charge is 0.344 e. The van der Waals surface area contributed by atoms with Gasteiger partial charge in [0.25, 0.3) is 5.91 Å². The highest BCUT2D eigenvalue weighted by Crippen LogP contribution is 2.29. The first-order valence-electron chi connectivity index (χ1n) is 9.07. The number of nitrogens with one attached hydrogen (secondary N) is 1. The van der Waals surface area contributed by atoms with Crippen molar-refractivity contribution >= 4 is 5.91 Å². The van der Waals surface area contributed by atoms with E-state index in [-0.39, 0.29) is 16.9 Å². The van der Waals surface area contributed by atoms with E-state index in [9.17, 15) is 18.0 Å². The molecule has 0 bridgehead atoms. The molecule has 0 radical (unpaired) electrons. The Labute approximate surface area is 160 Å². The van der Waals surface area contributed by atoms with Crippen LogP contribution in [0, 0.1) is 17.5 Å². The molecule has 1 aliphatic carbocycles. The highest BCUT2D eigenvalue weighted by Gasteiger charge is 2.28. The number of nitrogens with zero attached hydrogens (tertiary/aromatic N) is 2. The molecule has 1 N–H and O–H groups in total. The first-order chi connectivity index (χ1) is 13.5. The number of hydrogen-bond acceptors (Lipinski definition) is 2. The number of carbonyl (C=O) groups excluding carboxylic acids is 1. The van der Waals surface area contributed by atoms with Gasteiger partial charge < -0.3 is 5.32 Å². The van der Waals surface area contributed by atoms with Gasteiger partial charge in [-0.25, -0.2) is 17.9 Å². The van der Waals surface area contributed by atoms with Crippen LogP contribution in [0.4, 0.5) is 13.2 Å². The number of aromatic nitrogens is 2. The van der Waals surface area contributed by atoms with Gasteiger partial charge in [-0.3, -0.25) is 4.79 Å². The summed E-state index contributed by atoms with van der Waals surface area (Å²) >= 11 is 0. The van der Waals surface area contributed by atoms with Crippen LogP contribution < -0.4 is 5.32 Å². The lowest BCUT2D eigenvalue weighted by Crippen LogP contribution is -2.28. The first kappa shape index (κ1) is 18.3. The van der Waals surface area contributed by atoms with Crippen LogP contribution in [0.3, 0.4) is 0 Å². The fourth-order valence-corrected chi connectivity index (χ4v) is 3.64. The van der Waals surface area contributed by atoms with Gasteiger partial charge in [0.15, 0.2) is 5.69 Å². The van der Waals surface area contributed by atoms with Crippen molar-refractivity contribution < 1.29 is 18.0 Å². The third kappa shape index (κ3) is 3.17. The monoisotopic (exact) mass is 385 g/mol. The lowest BCUT2D eigenvalue weighted by atomic mass is 10.1. The van der Waals surface area contributed by atoms with E-state index in [0.29, 0.717) is 12.8 Å². The van der Waals surface area contributed by atoms with E-state index >= 15 is 0 Å². The summed E-state index contributed by atoms with van der Waals surface area (Å²) in [5.74, 6) is -2.30. The second kappa shape index (κ2) is 7.14. The summed E-state index contributed by atoms with van der Waals surface area (Å²) in [5.41, 5.74) is 2.28. The molecule has 1 atom stereocenters. The van der Waals surface area contributed by atoms with Gasteiger partial charge in [-0.15, -0.1) is 0 Å². The molecular weight excluding hydrogens is 367 g/mol. The normalized spacial score (nSPS) is 14.0. The molecule has 3 aromatic rings. The van der Waals surface area contributed by atoms with E-state index in [1.165, 1.54) is 16.8 Å². The average Bonchev–Trinajstić information content (AvgIpc) is 3.24. The van der Waals surface area contributed by atoms with E-state index in [1.807, 2.05) is 0 Å². The molecule has 0 fully saturated rings. The van der Waals surface area contributed by atoms with E-state index in [4.69, 9.17) is 0 Å². The summed E-state index contributed by atoms with van der Waals surface area (Å²) in [7, 11) is 0. The summed E-state index contributed by atoms with van der Waals surface area (Å²) in [5, 5.41) is 7.07. The van der Waals surface area contributed by atoms with E-state index in [2.05, 4.69) is 10.4 Å². The van der Waals surface area contributed by atoms with Crippen LogP contribution in [0.15, 0.2) is 42.5 Å². The lowest BCUT2D eigenvalue weighted by molar-refractivity contribution is 0.0933. The molecule has 7 heteroatoms. The maximum absolute atomic E-state index is 14.2. The van der Waals surface area contributed by atoms with E-state index < -0.39 is 29.4 Å². The second-order valence-electron chi connectivity index (χ2n) is 6.85. The topological polar surface area (TPSA) is 46.9 Å². The van der Waals surface area contributed by atoms with Crippen molar-refractivity contribution in [3.63, 3.8) is 0 Å². The zero-order chi connectivity index (χ0) is 19.8. The van der Waals surface area contributed by atoms with Crippen LogP contribution in [0.5, 0.6) is 0 Å². The van der Waals surface area contributed by atoms with Gasteiger partial charge in [-0.05, 0) is 44.4 Å². The van der Waals surface area contributed by atoms with Gasteiger partial charge in [0, 0.05) is 22.9 Å². The van der Waals surface area contributed by atoms with Crippen LogP contribution in [-0.2, 0) is 12.8 Å². The zero-order valence-electron chi connectivity index (χ0n) is 15.2. The molecule has 2 aromatic carbocycles. The Kier molecular flexibility index (Phi) is 4.66. The standard InChI is InChI=1S/C21H18F3N3O/c1-12(14-10-9-13(22)11-17(14)24)25-21(28)20-15-5-4-8-18(15)27(26-20)19-7-3-2-6-16(19)23/h2-3,6-7,9-12H,4-5,8H2,1H3,(H,25,28). The van der Waals surface area contributed by atoms with Crippen LogP contribution in [0.1, 0.15) is 46.7 Å². The summed E-state index contributed by atoms with van der Waals surface area (Å²) in [4.78, 5) is 12.8. The third-order valence-electron chi connectivity index (χ3n) is 5.00. The summed E-state index contributed by atoms with van der Waals surface area (Å²) in [6.07, 6.45) is 2.22. The lowest BCUT2D eigenvalue weighted by Gasteiger charge is -2.14. The van der Waals surface area contributed by atoms with Crippen LogP contribution >= 0.6 is 0 Å². The fourth-order valence-electron chi connectivity index (χ4n) is 3.64. The van der Waals surface area contributed by atoms with Gasteiger partial charge in [-0.2, -0.15) is 5.10 Å². The predicted molar refractivity (Wildman–Crippen MR) is 97.8 cm³/mol. The van der Waals surface area contributed by atoms with Crippen LogP contribution in [0.2, 0.25) is 0 Å². The number of halogens is 3. The second-order valence-corrected chi connectivity index (χ2v) is 6.85. The molecule has 4 nitrogen and oxygen atoms in total. The Morgan fingerprint density at radius 2 is 1.89 bits per heavy atom. The maximum Gasteiger partial charge on any atom is 0.272 e. The van der Waals surface area contributed by atoms with Crippen molar-refractivity contribution in [3.05, 3.63) is 82.4 Å². The first-order valence-corrected chi connectivity index (χ1v) is 9.07. The SMILES string of the molecule is CC(NC(=O)c1nn(-c2ccccc2F)c2c1CCC2)c1ccc(F)cc1F. The Balaban J connectivity index is 1.65. The Bertz CT molecular complexity index is 1060.